The first-order valence-corrected chi connectivity index (χ1v) is 6.16. The van der Waals surface area contributed by atoms with E-state index in [1.807, 2.05) is 60.7 Å². The van der Waals surface area contributed by atoms with Gasteiger partial charge in [0.25, 0.3) is 0 Å². The van der Waals surface area contributed by atoms with Crippen molar-refractivity contribution in [3.05, 3.63) is 71.8 Å². The van der Waals surface area contributed by atoms with Crippen molar-refractivity contribution in [1.82, 2.24) is 0 Å². The van der Waals surface area contributed by atoms with Crippen molar-refractivity contribution in [2.24, 2.45) is 5.73 Å². The number of Topliss-reactive ketones (excluding diaryl/α,β-unsaturated/α-hetero) is 1. The summed E-state index contributed by atoms with van der Waals surface area (Å²) in [5.74, 6) is 0.155. The molecule has 2 nitrogen and oxygen atoms in total. The monoisotopic (exact) mass is 239 g/mol. The van der Waals surface area contributed by atoms with E-state index in [0.29, 0.717) is 12.8 Å². The minimum atomic E-state index is -0.0705. The first-order chi connectivity index (χ1) is 8.77. The Balaban J connectivity index is 1.91. The number of hydrogen-bond acceptors (Lipinski definition) is 2. The SMILES string of the molecule is NC(CCC(=O)c1ccccc1)c1ccccc1. The van der Waals surface area contributed by atoms with Crippen LogP contribution in [-0.4, -0.2) is 5.78 Å². The van der Waals surface area contributed by atoms with Crippen LogP contribution in [0, 0.1) is 0 Å². The highest BCUT2D eigenvalue weighted by molar-refractivity contribution is 5.95. The maximum atomic E-state index is 11.9. The minimum absolute atomic E-state index is 0.0705. The molecule has 0 aliphatic heterocycles. The molecular formula is C16H17NO. The van der Waals surface area contributed by atoms with Gasteiger partial charge in [0.15, 0.2) is 5.78 Å². The summed E-state index contributed by atoms with van der Waals surface area (Å²) in [6.07, 6.45) is 1.16. The molecule has 0 aliphatic rings. The molecule has 0 heterocycles. The van der Waals surface area contributed by atoms with Crippen LogP contribution in [0.25, 0.3) is 0 Å². The quantitative estimate of drug-likeness (QED) is 0.813. The van der Waals surface area contributed by atoms with Crippen LogP contribution in [0.3, 0.4) is 0 Å². The molecule has 1 atom stereocenters. The lowest BCUT2D eigenvalue weighted by Crippen LogP contribution is -2.12. The Labute approximate surface area is 107 Å². The largest absolute Gasteiger partial charge is 0.324 e. The van der Waals surface area contributed by atoms with Crippen molar-refractivity contribution in [2.75, 3.05) is 0 Å². The Morgan fingerprint density at radius 3 is 2.11 bits per heavy atom. The highest BCUT2D eigenvalue weighted by atomic mass is 16.1. The first kappa shape index (κ1) is 12.5. The Bertz CT molecular complexity index is 493. The summed E-state index contributed by atoms with van der Waals surface area (Å²) in [5, 5.41) is 0. The molecule has 2 rings (SSSR count). The van der Waals surface area contributed by atoms with E-state index in [1.165, 1.54) is 0 Å². The molecule has 0 amide bonds. The number of ketones is 1. The summed E-state index contributed by atoms with van der Waals surface area (Å²) in [6.45, 7) is 0. The zero-order valence-electron chi connectivity index (χ0n) is 10.3. The molecule has 2 N–H and O–H groups in total. The molecule has 0 radical (unpaired) electrons. The standard InChI is InChI=1S/C16H17NO/c17-15(13-7-3-1-4-8-13)11-12-16(18)14-9-5-2-6-10-14/h1-10,15H,11-12,17H2. The highest BCUT2D eigenvalue weighted by Crippen LogP contribution is 2.16. The number of carbonyl (C=O) groups excluding carboxylic acids is 1. The van der Waals surface area contributed by atoms with Gasteiger partial charge in [-0.1, -0.05) is 60.7 Å². The number of hydrogen-bond donors (Lipinski definition) is 1. The number of rotatable bonds is 5. The molecule has 0 fully saturated rings. The fourth-order valence-electron chi connectivity index (χ4n) is 1.92. The van der Waals surface area contributed by atoms with Crippen LogP contribution in [0.2, 0.25) is 0 Å². The molecule has 18 heavy (non-hydrogen) atoms. The van der Waals surface area contributed by atoms with Crippen LogP contribution in [0.1, 0.15) is 34.8 Å². The van der Waals surface area contributed by atoms with E-state index in [1.54, 1.807) is 0 Å². The lowest BCUT2D eigenvalue weighted by Gasteiger charge is -2.11. The molecule has 0 saturated heterocycles. The molecule has 0 aromatic heterocycles. The van der Waals surface area contributed by atoms with Gasteiger partial charge in [-0.25, -0.2) is 0 Å². The lowest BCUT2D eigenvalue weighted by atomic mass is 9.99. The van der Waals surface area contributed by atoms with E-state index in [0.717, 1.165) is 11.1 Å². The van der Waals surface area contributed by atoms with Crippen molar-refractivity contribution in [3.63, 3.8) is 0 Å². The van der Waals surface area contributed by atoms with Gasteiger partial charge in [0, 0.05) is 18.0 Å². The Hall–Kier alpha value is -1.93. The summed E-state index contributed by atoms with van der Waals surface area (Å²) in [5.41, 5.74) is 7.91. The van der Waals surface area contributed by atoms with Gasteiger partial charge in [-0.3, -0.25) is 4.79 Å². The lowest BCUT2D eigenvalue weighted by molar-refractivity contribution is 0.0977. The summed E-state index contributed by atoms with van der Waals surface area (Å²) < 4.78 is 0. The highest BCUT2D eigenvalue weighted by Gasteiger charge is 2.10. The predicted molar refractivity (Wildman–Crippen MR) is 73.4 cm³/mol. The molecule has 0 spiro atoms. The average Bonchev–Trinajstić information content (AvgIpc) is 2.46. The van der Waals surface area contributed by atoms with Crippen molar-refractivity contribution < 1.29 is 4.79 Å². The van der Waals surface area contributed by atoms with Crippen molar-refractivity contribution in [1.29, 1.82) is 0 Å². The Morgan fingerprint density at radius 2 is 1.50 bits per heavy atom. The molecule has 0 aliphatic carbocycles. The first-order valence-electron chi connectivity index (χ1n) is 6.16. The minimum Gasteiger partial charge on any atom is -0.324 e. The normalized spacial score (nSPS) is 12.1. The molecule has 0 bridgehead atoms. The third-order valence-electron chi connectivity index (χ3n) is 3.01. The van der Waals surface area contributed by atoms with Crippen LogP contribution < -0.4 is 5.73 Å². The molecule has 2 aromatic rings. The van der Waals surface area contributed by atoms with Gasteiger partial charge in [0.2, 0.25) is 0 Å². The van der Waals surface area contributed by atoms with Crippen LogP contribution >= 0.6 is 0 Å². The smallest absolute Gasteiger partial charge is 0.162 e. The van der Waals surface area contributed by atoms with Gasteiger partial charge in [-0.05, 0) is 12.0 Å². The predicted octanol–water partition coefficient (Wildman–Crippen LogP) is 3.35. The van der Waals surface area contributed by atoms with E-state index in [2.05, 4.69) is 0 Å². The van der Waals surface area contributed by atoms with E-state index in [4.69, 9.17) is 5.73 Å². The van der Waals surface area contributed by atoms with E-state index < -0.39 is 0 Å². The summed E-state index contributed by atoms with van der Waals surface area (Å²) in [6, 6.07) is 19.2. The van der Waals surface area contributed by atoms with Crippen molar-refractivity contribution in [2.45, 2.75) is 18.9 Å². The Morgan fingerprint density at radius 1 is 0.944 bits per heavy atom. The van der Waals surface area contributed by atoms with Gasteiger partial charge in [0.05, 0.1) is 0 Å². The van der Waals surface area contributed by atoms with E-state index >= 15 is 0 Å². The van der Waals surface area contributed by atoms with Gasteiger partial charge in [0.1, 0.15) is 0 Å². The molecule has 1 unspecified atom stereocenters. The molecule has 2 aromatic carbocycles. The fourth-order valence-corrected chi connectivity index (χ4v) is 1.92. The summed E-state index contributed by atoms with van der Waals surface area (Å²) in [4.78, 5) is 11.9. The van der Waals surface area contributed by atoms with Gasteiger partial charge < -0.3 is 5.73 Å². The van der Waals surface area contributed by atoms with Crippen LogP contribution in [0.5, 0.6) is 0 Å². The number of nitrogens with two attached hydrogens (primary N) is 1. The molecule has 92 valence electrons. The second kappa shape index (κ2) is 6.12. The topological polar surface area (TPSA) is 43.1 Å². The van der Waals surface area contributed by atoms with Crippen molar-refractivity contribution >= 4 is 5.78 Å². The fraction of sp³-hybridized carbons (Fsp3) is 0.188. The second-order valence-electron chi connectivity index (χ2n) is 4.35. The maximum absolute atomic E-state index is 11.9. The zero-order chi connectivity index (χ0) is 12.8. The average molecular weight is 239 g/mol. The second-order valence-corrected chi connectivity index (χ2v) is 4.35. The van der Waals surface area contributed by atoms with Gasteiger partial charge >= 0.3 is 0 Å². The van der Waals surface area contributed by atoms with E-state index in [9.17, 15) is 4.79 Å². The summed E-state index contributed by atoms with van der Waals surface area (Å²) in [7, 11) is 0. The zero-order valence-corrected chi connectivity index (χ0v) is 10.3. The molecule has 0 saturated carbocycles. The molecular weight excluding hydrogens is 222 g/mol. The summed E-state index contributed by atoms with van der Waals surface area (Å²) >= 11 is 0. The van der Waals surface area contributed by atoms with E-state index in [-0.39, 0.29) is 11.8 Å². The third kappa shape index (κ3) is 3.28. The Kier molecular flexibility index (Phi) is 4.26. The number of carbonyl (C=O) groups is 1. The van der Waals surface area contributed by atoms with Crippen LogP contribution in [-0.2, 0) is 0 Å². The van der Waals surface area contributed by atoms with Crippen LogP contribution in [0.15, 0.2) is 60.7 Å². The molecule has 2 heteroatoms. The third-order valence-corrected chi connectivity index (χ3v) is 3.01. The van der Waals surface area contributed by atoms with Gasteiger partial charge in [-0.2, -0.15) is 0 Å². The number of benzene rings is 2. The maximum Gasteiger partial charge on any atom is 0.162 e. The van der Waals surface area contributed by atoms with Crippen LogP contribution in [0.4, 0.5) is 0 Å². The van der Waals surface area contributed by atoms with Gasteiger partial charge in [-0.15, -0.1) is 0 Å². The van der Waals surface area contributed by atoms with Crippen molar-refractivity contribution in [3.8, 4) is 0 Å².